The Morgan fingerprint density at radius 1 is 1.23 bits per heavy atom. The van der Waals surface area contributed by atoms with Gasteiger partial charge in [0.1, 0.15) is 0 Å². The molecule has 0 saturated carbocycles. The molecule has 0 radical (unpaired) electrons. The lowest BCUT2D eigenvalue weighted by molar-refractivity contribution is -0.125. The van der Waals surface area contributed by atoms with Gasteiger partial charge in [0.05, 0.1) is 6.54 Å². The molecule has 2 N–H and O–H groups in total. The lowest BCUT2D eigenvalue weighted by Crippen LogP contribution is -2.34. The van der Waals surface area contributed by atoms with Crippen LogP contribution in [0.25, 0.3) is 0 Å². The second kappa shape index (κ2) is 8.04. The Balaban J connectivity index is 3.35. The number of halogens is 1. The molecule has 0 aliphatic heterocycles. The topological polar surface area (TPSA) is 58.2 Å². The zero-order valence-electron chi connectivity index (χ0n) is 7.73. The predicted molar refractivity (Wildman–Crippen MR) is 54.7 cm³/mol. The van der Waals surface area contributed by atoms with Crippen LogP contribution in [-0.2, 0) is 9.59 Å². The van der Waals surface area contributed by atoms with Crippen molar-refractivity contribution < 1.29 is 9.59 Å². The van der Waals surface area contributed by atoms with Gasteiger partial charge in [0.15, 0.2) is 0 Å². The molecule has 0 aromatic rings. The van der Waals surface area contributed by atoms with Gasteiger partial charge in [-0.1, -0.05) is 15.9 Å². The van der Waals surface area contributed by atoms with Gasteiger partial charge in [-0.15, -0.1) is 0 Å². The number of nitrogens with one attached hydrogen (secondary N) is 2. The van der Waals surface area contributed by atoms with Gasteiger partial charge in [0, 0.05) is 18.8 Å². The van der Waals surface area contributed by atoms with E-state index in [1.165, 1.54) is 0 Å². The van der Waals surface area contributed by atoms with Gasteiger partial charge in [-0.3, -0.25) is 9.59 Å². The Morgan fingerprint density at radius 3 is 2.46 bits per heavy atom. The highest BCUT2D eigenvalue weighted by Crippen LogP contribution is 1.97. The number of hydrogen-bond donors (Lipinski definition) is 2. The molecule has 5 heteroatoms. The fraction of sp³-hybridized carbons (Fsp3) is 0.750. The average molecular weight is 251 g/mol. The Labute approximate surface area is 86.6 Å². The summed E-state index contributed by atoms with van der Waals surface area (Å²) in [5.74, 6) is -0.238. The van der Waals surface area contributed by atoms with E-state index in [0.717, 1.165) is 18.2 Å². The third-order valence-electron chi connectivity index (χ3n) is 1.51. The standard InChI is InChI=1S/C8H15BrN2O2/c1-10-8(13)6-11-7(12)4-2-3-5-9/h2-6H2,1H3,(H,10,13)(H,11,12). The van der Waals surface area contributed by atoms with Gasteiger partial charge in [0.25, 0.3) is 0 Å². The fourth-order valence-corrected chi connectivity index (χ4v) is 1.13. The smallest absolute Gasteiger partial charge is 0.239 e. The van der Waals surface area contributed by atoms with Gasteiger partial charge in [-0.2, -0.15) is 0 Å². The summed E-state index contributed by atoms with van der Waals surface area (Å²) in [6, 6.07) is 0. The van der Waals surface area contributed by atoms with E-state index in [9.17, 15) is 9.59 Å². The minimum Gasteiger partial charge on any atom is -0.358 e. The summed E-state index contributed by atoms with van der Waals surface area (Å²) in [5, 5.41) is 5.86. The lowest BCUT2D eigenvalue weighted by atomic mass is 10.2. The van der Waals surface area contributed by atoms with Crippen LogP contribution in [0, 0.1) is 0 Å². The minimum atomic E-state index is -0.172. The van der Waals surface area contributed by atoms with Crippen molar-refractivity contribution in [2.24, 2.45) is 0 Å². The molecule has 76 valence electrons. The van der Waals surface area contributed by atoms with E-state index in [1.54, 1.807) is 7.05 Å². The van der Waals surface area contributed by atoms with E-state index in [-0.39, 0.29) is 18.4 Å². The van der Waals surface area contributed by atoms with Crippen molar-refractivity contribution in [1.82, 2.24) is 10.6 Å². The quantitative estimate of drug-likeness (QED) is 0.530. The van der Waals surface area contributed by atoms with Crippen molar-refractivity contribution in [2.75, 3.05) is 18.9 Å². The van der Waals surface area contributed by atoms with E-state index in [4.69, 9.17) is 0 Å². The molecule has 0 fully saturated rings. The highest BCUT2D eigenvalue weighted by Gasteiger charge is 2.02. The molecule has 0 aliphatic rings. The number of likely N-dealkylation sites (N-methyl/N-ethyl adjacent to an activating group) is 1. The minimum absolute atomic E-state index is 0.0652. The SMILES string of the molecule is CNC(=O)CNC(=O)CCCCBr. The van der Waals surface area contributed by atoms with Crippen LogP contribution in [0.15, 0.2) is 0 Å². The second-order valence-corrected chi connectivity index (χ2v) is 3.39. The van der Waals surface area contributed by atoms with Gasteiger partial charge in [-0.25, -0.2) is 0 Å². The van der Waals surface area contributed by atoms with Crippen molar-refractivity contribution in [1.29, 1.82) is 0 Å². The van der Waals surface area contributed by atoms with Gasteiger partial charge in [0.2, 0.25) is 11.8 Å². The molecule has 0 aromatic heterocycles. The molecule has 0 heterocycles. The zero-order chi connectivity index (χ0) is 10.1. The van der Waals surface area contributed by atoms with E-state index >= 15 is 0 Å². The first-order chi connectivity index (χ1) is 6.20. The molecular weight excluding hydrogens is 236 g/mol. The Bertz CT molecular complexity index is 174. The molecular formula is C8H15BrN2O2. The average Bonchev–Trinajstić information content (AvgIpc) is 2.14. The zero-order valence-corrected chi connectivity index (χ0v) is 9.32. The van der Waals surface area contributed by atoms with E-state index in [1.807, 2.05) is 0 Å². The molecule has 0 bridgehead atoms. The van der Waals surface area contributed by atoms with Crippen molar-refractivity contribution in [3.8, 4) is 0 Å². The molecule has 0 rings (SSSR count). The number of alkyl halides is 1. The van der Waals surface area contributed by atoms with Crippen molar-refractivity contribution >= 4 is 27.7 Å². The van der Waals surface area contributed by atoms with Crippen LogP contribution in [0.5, 0.6) is 0 Å². The summed E-state index contributed by atoms with van der Waals surface area (Å²) in [6.07, 6.45) is 2.32. The van der Waals surface area contributed by atoms with E-state index in [2.05, 4.69) is 26.6 Å². The number of amides is 2. The number of rotatable bonds is 6. The van der Waals surface area contributed by atoms with Crippen LogP contribution < -0.4 is 10.6 Å². The number of hydrogen-bond acceptors (Lipinski definition) is 2. The highest BCUT2D eigenvalue weighted by molar-refractivity contribution is 9.09. The highest BCUT2D eigenvalue weighted by atomic mass is 79.9. The first-order valence-electron chi connectivity index (χ1n) is 4.24. The first-order valence-corrected chi connectivity index (χ1v) is 5.36. The molecule has 4 nitrogen and oxygen atoms in total. The van der Waals surface area contributed by atoms with Gasteiger partial charge < -0.3 is 10.6 Å². The van der Waals surface area contributed by atoms with Crippen molar-refractivity contribution in [2.45, 2.75) is 19.3 Å². The van der Waals surface area contributed by atoms with E-state index in [0.29, 0.717) is 6.42 Å². The maximum atomic E-state index is 11.0. The summed E-state index contributed by atoms with van der Waals surface area (Å²) >= 11 is 3.28. The Kier molecular flexibility index (Phi) is 7.68. The van der Waals surface area contributed by atoms with E-state index < -0.39 is 0 Å². The molecule has 2 amide bonds. The Morgan fingerprint density at radius 2 is 1.92 bits per heavy atom. The second-order valence-electron chi connectivity index (χ2n) is 2.60. The third-order valence-corrected chi connectivity index (χ3v) is 2.07. The maximum absolute atomic E-state index is 11.0. The number of carbonyl (C=O) groups excluding carboxylic acids is 2. The summed E-state index contributed by atoms with van der Waals surface area (Å²) in [5.41, 5.74) is 0. The van der Waals surface area contributed by atoms with Crippen LogP contribution in [0.3, 0.4) is 0 Å². The van der Waals surface area contributed by atoms with Crippen molar-refractivity contribution in [3.63, 3.8) is 0 Å². The van der Waals surface area contributed by atoms with Gasteiger partial charge in [-0.05, 0) is 12.8 Å². The molecule has 0 saturated heterocycles. The molecule has 0 atom stereocenters. The molecule has 0 aliphatic carbocycles. The van der Waals surface area contributed by atoms with Crippen LogP contribution in [0.1, 0.15) is 19.3 Å². The van der Waals surface area contributed by atoms with Gasteiger partial charge >= 0.3 is 0 Å². The monoisotopic (exact) mass is 250 g/mol. The lowest BCUT2D eigenvalue weighted by Gasteiger charge is -2.02. The largest absolute Gasteiger partial charge is 0.358 e. The fourth-order valence-electron chi connectivity index (χ4n) is 0.736. The molecule has 0 aromatic carbocycles. The molecule has 13 heavy (non-hydrogen) atoms. The predicted octanol–water partition coefficient (Wildman–Crippen LogP) is 0.414. The van der Waals surface area contributed by atoms with Crippen LogP contribution in [0.2, 0.25) is 0 Å². The van der Waals surface area contributed by atoms with Crippen LogP contribution in [0.4, 0.5) is 0 Å². The third kappa shape index (κ3) is 7.77. The number of unbranched alkanes of at least 4 members (excludes halogenated alkanes) is 1. The maximum Gasteiger partial charge on any atom is 0.239 e. The first kappa shape index (κ1) is 12.4. The normalized spacial score (nSPS) is 9.38. The van der Waals surface area contributed by atoms with Crippen LogP contribution in [-0.4, -0.2) is 30.7 Å². The Hall–Kier alpha value is -0.580. The molecule has 0 unspecified atom stereocenters. The molecule has 0 spiro atoms. The number of carbonyl (C=O) groups is 2. The summed E-state index contributed by atoms with van der Waals surface area (Å²) < 4.78 is 0. The summed E-state index contributed by atoms with van der Waals surface area (Å²) in [4.78, 5) is 21.7. The van der Waals surface area contributed by atoms with Crippen molar-refractivity contribution in [3.05, 3.63) is 0 Å². The van der Waals surface area contributed by atoms with Crippen LogP contribution >= 0.6 is 15.9 Å². The summed E-state index contributed by atoms with van der Waals surface area (Å²) in [6.45, 7) is 0.0731. The summed E-state index contributed by atoms with van der Waals surface area (Å²) in [7, 11) is 1.54.